The number of nitrogens with one attached hydrogen (secondary N) is 1. The number of amides is 2. The number of hydrogen-bond acceptors (Lipinski definition) is 1. The molecule has 6 heavy (non-hydrogen) atoms. The van der Waals surface area contributed by atoms with Gasteiger partial charge in [-0.15, -0.1) is 0 Å². The zero-order valence-electron chi connectivity index (χ0n) is 3.43. The Bertz CT molecular complexity index is 71.9. The molecule has 31 valence electrons. The summed E-state index contributed by atoms with van der Waals surface area (Å²) in [6.07, 6.45) is 0. The normalized spacial score (nSPS) is 6.67. The number of urea groups is 1. The van der Waals surface area contributed by atoms with E-state index in [-0.39, 0.29) is 0 Å². The summed E-state index contributed by atoms with van der Waals surface area (Å²) in [6.45, 7) is 0. The third kappa shape index (κ3) is 1.63. The van der Waals surface area contributed by atoms with E-state index < -0.39 is 6.03 Å². The Morgan fingerprint density at radius 1 is 2.00 bits per heavy atom. The molecular formula is C2H4BN2O. The quantitative estimate of drug-likeness (QED) is 0.400. The third-order valence-corrected chi connectivity index (χ3v) is 0.331. The molecule has 4 heteroatoms. The standard InChI is InChI=1S/C2H4BN2O/c1-4-2(6)5-3/h1H3,(H,4,6). The molecule has 1 N–H and O–H groups in total. The van der Waals surface area contributed by atoms with Gasteiger partial charge in [-0.2, -0.15) is 0 Å². The maximum atomic E-state index is 9.78. The van der Waals surface area contributed by atoms with Crippen LogP contribution in [0.3, 0.4) is 0 Å². The van der Waals surface area contributed by atoms with Crippen molar-refractivity contribution in [2.24, 2.45) is 4.90 Å². The number of carbonyl (C=O) groups excluding carboxylic acids is 1. The molecule has 0 aromatic carbocycles. The summed E-state index contributed by atoms with van der Waals surface area (Å²) in [5, 5.41) is 2.18. The van der Waals surface area contributed by atoms with Crippen LogP contribution in [-0.2, 0) is 0 Å². The van der Waals surface area contributed by atoms with Crippen LogP contribution in [0.2, 0.25) is 0 Å². The van der Waals surface area contributed by atoms with Crippen LogP contribution in [0.25, 0.3) is 0 Å². The van der Waals surface area contributed by atoms with Crippen LogP contribution in [0.4, 0.5) is 4.79 Å². The first-order chi connectivity index (χ1) is 2.81. The van der Waals surface area contributed by atoms with Crippen LogP contribution in [0.5, 0.6) is 0 Å². The van der Waals surface area contributed by atoms with E-state index in [1.807, 2.05) is 0 Å². The second kappa shape index (κ2) is 2.57. The molecule has 0 aliphatic carbocycles. The van der Waals surface area contributed by atoms with E-state index in [1.165, 1.54) is 7.05 Å². The fourth-order valence-electron chi connectivity index (χ4n) is 0.0645. The van der Waals surface area contributed by atoms with E-state index in [1.54, 1.807) is 0 Å². The molecule has 0 bridgehead atoms. The van der Waals surface area contributed by atoms with Gasteiger partial charge >= 0.3 is 35.7 Å². The topological polar surface area (TPSA) is 41.5 Å². The molecule has 2 amide bonds. The zero-order valence-corrected chi connectivity index (χ0v) is 3.43. The Balaban J connectivity index is 3.23. The summed E-state index contributed by atoms with van der Waals surface area (Å²) in [7, 11) is 5.95. The van der Waals surface area contributed by atoms with E-state index in [2.05, 4.69) is 17.9 Å². The molecular weight excluding hydrogens is 78.8 g/mol. The van der Waals surface area contributed by atoms with Crippen molar-refractivity contribution in [2.45, 2.75) is 0 Å². The Hall–Kier alpha value is -0.665. The summed E-state index contributed by atoms with van der Waals surface area (Å²) in [5.41, 5.74) is 0. The first-order valence-electron chi connectivity index (χ1n) is 1.44. The predicted octanol–water partition coefficient (Wildman–Crippen LogP) is -0.322. The fourth-order valence-corrected chi connectivity index (χ4v) is 0.0645. The van der Waals surface area contributed by atoms with Crippen molar-refractivity contribution in [3.05, 3.63) is 0 Å². The van der Waals surface area contributed by atoms with E-state index >= 15 is 0 Å². The van der Waals surface area contributed by atoms with Crippen molar-refractivity contribution in [1.82, 2.24) is 5.32 Å². The molecule has 0 heterocycles. The summed E-state index contributed by atoms with van der Waals surface area (Å²) >= 11 is 0. The molecule has 0 saturated carbocycles. The van der Waals surface area contributed by atoms with Crippen molar-refractivity contribution >= 4 is 13.7 Å². The molecule has 3 nitrogen and oxygen atoms in total. The molecule has 0 aliphatic rings. The van der Waals surface area contributed by atoms with Gasteiger partial charge in [0.1, 0.15) is 0 Å². The first kappa shape index (κ1) is 5.33. The van der Waals surface area contributed by atoms with Crippen LogP contribution in [-0.4, -0.2) is 20.7 Å². The molecule has 0 rings (SSSR count). The molecule has 0 fully saturated rings. The number of carbonyl (C=O) groups is 1. The number of hydrogen-bond donors (Lipinski definition) is 1. The van der Waals surface area contributed by atoms with Crippen molar-refractivity contribution in [2.75, 3.05) is 7.05 Å². The minimum atomic E-state index is -0.505. The molecule has 0 saturated heterocycles. The van der Waals surface area contributed by atoms with Gasteiger partial charge in [-0.3, -0.25) is 0 Å². The molecule has 0 aromatic rings. The molecule has 0 aromatic heterocycles. The van der Waals surface area contributed by atoms with Crippen molar-refractivity contribution in [3.8, 4) is 0 Å². The first-order valence-corrected chi connectivity index (χ1v) is 1.44. The van der Waals surface area contributed by atoms with Crippen molar-refractivity contribution in [1.29, 1.82) is 0 Å². The SMILES string of the molecule is [B]=NC(=O)NC. The summed E-state index contributed by atoms with van der Waals surface area (Å²) in [6, 6.07) is -0.505. The zero-order chi connectivity index (χ0) is 4.99. The van der Waals surface area contributed by atoms with Crippen LogP contribution in [0.15, 0.2) is 4.90 Å². The van der Waals surface area contributed by atoms with Crippen LogP contribution in [0, 0.1) is 0 Å². The molecule has 0 unspecified atom stereocenters. The van der Waals surface area contributed by atoms with Crippen LogP contribution >= 0.6 is 0 Å². The van der Waals surface area contributed by atoms with Gasteiger partial charge in [0.25, 0.3) is 0 Å². The predicted molar refractivity (Wildman–Crippen MR) is 22.6 cm³/mol. The van der Waals surface area contributed by atoms with E-state index in [4.69, 9.17) is 0 Å². The Labute approximate surface area is 36.9 Å². The number of rotatable bonds is 0. The van der Waals surface area contributed by atoms with Gasteiger partial charge in [-0.25, -0.2) is 0 Å². The molecule has 0 spiro atoms. The maximum absolute atomic E-state index is 9.78. The third-order valence-electron chi connectivity index (χ3n) is 0.331. The monoisotopic (exact) mass is 83.0 g/mol. The van der Waals surface area contributed by atoms with Gasteiger partial charge < -0.3 is 0 Å². The summed E-state index contributed by atoms with van der Waals surface area (Å²) in [5.74, 6) is 0. The van der Waals surface area contributed by atoms with Crippen LogP contribution < -0.4 is 5.32 Å². The second-order valence-electron chi connectivity index (χ2n) is 0.684. The Morgan fingerprint density at radius 2 is 2.50 bits per heavy atom. The van der Waals surface area contributed by atoms with Gasteiger partial charge in [0, 0.05) is 0 Å². The number of nitrogens with zero attached hydrogens (tertiary/aromatic N) is 1. The molecule has 0 atom stereocenters. The Kier molecular flexibility index (Phi) is 2.28. The molecule has 1 radical (unpaired) electrons. The second-order valence-corrected chi connectivity index (χ2v) is 0.684. The van der Waals surface area contributed by atoms with E-state index in [0.717, 1.165) is 0 Å². The van der Waals surface area contributed by atoms with Crippen molar-refractivity contribution < 1.29 is 4.79 Å². The summed E-state index contributed by atoms with van der Waals surface area (Å²) < 4.78 is 0. The van der Waals surface area contributed by atoms with Gasteiger partial charge in [0.2, 0.25) is 0 Å². The fraction of sp³-hybridized carbons (Fsp3) is 0.500. The average Bonchev–Trinajstić information content (AvgIpc) is 1.65. The van der Waals surface area contributed by atoms with Gasteiger partial charge in [0.15, 0.2) is 0 Å². The van der Waals surface area contributed by atoms with Gasteiger partial charge in [-0.05, 0) is 0 Å². The van der Waals surface area contributed by atoms with E-state index in [9.17, 15) is 4.79 Å². The van der Waals surface area contributed by atoms with Gasteiger partial charge in [-0.1, -0.05) is 0 Å². The van der Waals surface area contributed by atoms with Crippen molar-refractivity contribution in [3.63, 3.8) is 0 Å². The van der Waals surface area contributed by atoms with Crippen LogP contribution in [0.1, 0.15) is 0 Å². The minimum absolute atomic E-state index is 0.505. The van der Waals surface area contributed by atoms with E-state index in [0.29, 0.717) is 0 Å². The Morgan fingerprint density at radius 3 is 2.50 bits per heavy atom. The average molecular weight is 82.9 g/mol. The summed E-state index contributed by atoms with van der Waals surface area (Å²) in [4.78, 5) is 12.5. The molecule has 0 aliphatic heterocycles. The van der Waals surface area contributed by atoms with Gasteiger partial charge in [0.05, 0.1) is 0 Å².